The molecule has 2 heterocycles. The van der Waals surface area contributed by atoms with Crippen molar-refractivity contribution in [1.82, 2.24) is 14.9 Å². The third-order valence-electron chi connectivity index (χ3n) is 4.89. The fourth-order valence-electron chi connectivity index (χ4n) is 3.57. The molecule has 0 bridgehead atoms. The van der Waals surface area contributed by atoms with Crippen LogP contribution in [0, 0.1) is 5.92 Å². The van der Waals surface area contributed by atoms with Crippen molar-refractivity contribution in [3.8, 4) is 0 Å². The maximum absolute atomic E-state index is 12.4. The maximum atomic E-state index is 12.4. The number of ether oxygens (including phenoxy) is 1. The molecule has 0 spiro atoms. The minimum absolute atomic E-state index is 0.0392. The van der Waals surface area contributed by atoms with Crippen LogP contribution >= 0.6 is 0 Å². The Morgan fingerprint density at radius 2 is 2.22 bits per heavy atom. The Kier molecular flexibility index (Phi) is 5.43. The number of carbonyl (C=O) groups is 1. The van der Waals surface area contributed by atoms with E-state index >= 15 is 0 Å². The fraction of sp³-hybridized carbons (Fsp3) is 0.706. The number of hydrogen-bond donors (Lipinski definition) is 1. The summed E-state index contributed by atoms with van der Waals surface area (Å²) in [6.45, 7) is 1.96. The first-order valence-electron chi connectivity index (χ1n) is 8.63. The van der Waals surface area contributed by atoms with Crippen molar-refractivity contribution >= 4 is 5.91 Å². The summed E-state index contributed by atoms with van der Waals surface area (Å²) in [6, 6.07) is 1.52. The molecule has 1 aliphatic heterocycles. The molecule has 2 aliphatic rings. The number of morpholine rings is 1. The van der Waals surface area contributed by atoms with Crippen molar-refractivity contribution in [2.45, 2.75) is 51.0 Å². The Hall–Kier alpha value is -1.69. The lowest BCUT2D eigenvalue weighted by molar-refractivity contribution is -0.139. The number of nitrogens with one attached hydrogen (secondary N) is 1. The first-order valence-corrected chi connectivity index (χ1v) is 8.63. The van der Waals surface area contributed by atoms with Gasteiger partial charge in [-0.25, -0.2) is 4.98 Å². The summed E-state index contributed by atoms with van der Waals surface area (Å²) in [6.07, 6.45) is 8.58. The molecule has 6 nitrogen and oxygen atoms in total. The van der Waals surface area contributed by atoms with Gasteiger partial charge in [0.25, 0.3) is 5.56 Å². The van der Waals surface area contributed by atoms with Crippen LogP contribution in [0.1, 0.15) is 44.2 Å². The summed E-state index contributed by atoms with van der Waals surface area (Å²) in [7, 11) is 0. The molecule has 23 heavy (non-hydrogen) atoms. The van der Waals surface area contributed by atoms with Gasteiger partial charge in [0, 0.05) is 31.3 Å². The molecule has 1 atom stereocenters. The Bertz CT molecular complexity index is 580. The Morgan fingerprint density at radius 3 is 3.00 bits per heavy atom. The van der Waals surface area contributed by atoms with Crippen molar-refractivity contribution < 1.29 is 9.53 Å². The van der Waals surface area contributed by atoms with Crippen LogP contribution in [0.5, 0.6) is 0 Å². The minimum Gasteiger partial charge on any atom is -0.375 e. The van der Waals surface area contributed by atoms with Crippen LogP contribution in [0.4, 0.5) is 0 Å². The summed E-state index contributed by atoms with van der Waals surface area (Å²) in [5.74, 6) is 0.864. The summed E-state index contributed by atoms with van der Waals surface area (Å²) in [5.41, 5.74) is 0.639. The van der Waals surface area contributed by atoms with Crippen LogP contribution in [0.3, 0.4) is 0 Å². The molecule has 2 fully saturated rings. The number of aromatic nitrogens is 2. The van der Waals surface area contributed by atoms with E-state index in [1.807, 2.05) is 4.90 Å². The molecular formula is C17H25N3O3. The monoisotopic (exact) mass is 319 g/mol. The highest BCUT2D eigenvalue weighted by Crippen LogP contribution is 2.28. The SMILES string of the molecule is O=C(CC1CCCC1)N1CCO[C@H](CCc2cc(=O)[nH]cn2)C1. The summed E-state index contributed by atoms with van der Waals surface area (Å²) in [4.78, 5) is 32.3. The van der Waals surface area contributed by atoms with Crippen molar-refractivity contribution in [2.75, 3.05) is 19.7 Å². The number of amides is 1. The van der Waals surface area contributed by atoms with Gasteiger partial charge in [-0.2, -0.15) is 0 Å². The van der Waals surface area contributed by atoms with Gasteiger partial charge >= 0.3 is 0 Å². The predicted molar refractivity (Wildman–Crippen MR) is 86.1 cm³/mol. The quantitative estimate of drug-likeness (QED) is 0.892. The van der Waals surface area contributed by atoms with E-state index in [2.05, 4.69) is 9.97 Å². The van der Waals surface area contributed by atoms with Crippen LogP contribution in [0.25, 0.3) is 0 Å². The van der Waals surface area contributed by atoms with Gasteiger partial charge in [-0.1, -0.05) is 12.8 Å². The van der Waals surface area contributed by atoms with E-state index in [0.717, 1.165) is 12.1 Å². The number of rotatable bonds is 5. The molecule has 1 saturated carbocycles. The zero-order chi connectivity index (χ0) is 16.1. The molecular weight excluding hydrogens is 294 g/mol. The van der Waals surface area contributed by atoms with E-state index in [9.17, 15) is 9.59 Å². The summed E-state index contributed by atoms with van der Waals surface area (Å²) < 4.78 is 5.77. The zero-order valence-corrected chi connectivity index (χ0v) is 13.5. The molecule has 1 amide bonds. The minimum atomic E-state index is -0.132. The highest BCUT2D eigenvalue weighted by Gasteiger charge is 2.27. The van der Waals surface area contributed by atoms with Gasteiger partial charge in [0.1, 0.15) is 0 Å². The Balaban J connectivity index is 1.47. The molecule has 0 radical (unpaired) electrons. The van der Waals surface area contributed by atoms with Gasteiger partial charge in [-0.05, 0) is 31.6 Å². The molecule has 126 valence electrons. The van der Waals surface area contributed by atoms with Gasteiger partial charge in [-0.3, -0.25) is 9.59 Å². The fourth-order valence-corrected chi connectivity index (χ4v) is 3.57. The number of aryl methyl sites for hydroxylation is 1. The molecule has 1 N–H and O–H groups in total. The summed E-state index contributed by atoms with van der Waals surface area (Å²) >= 11 is 0. The van der Waals surface area contributed by atoms with Crippen molar-refractivity contribution in [3.63, 3.8) is 0 Å². The maximum Gasteiger partial charge on any atom is 0.250 e. The zero-order valence-electron chi connectivity index (χ0n) is 13.5. The third kappa shape index (κ3) is 4.64. The van der Waals surface area contributed by atoms with Gasteiger partial charge in [0.2, 0.25) is 5.91 Å². The molecule has 1 aromatic heterocycles. The predicted octanol–water partition coefficient (Wildman–Crippen LogP) is 1.51. The molecule has 1 aliphatic carbocycles. The molecule has 0 unspecified atom stereocenters. The lowest BCUT2D eigenvalue weighted by Crippen LogP contribution is -2.46. The normalized spacial score (nSPS) is 22.4. The average Bonchev–Trinajstić information content (AvgIpc) is 3.06. The van der Waals surface area contributed by atoms with E-state index in [4.69, 9.17) is 4.74 Å². The second kappa shape index (κ2) is 7.73. The molecule has 1 saturated heterocycles. The highest BCUT2D eigenvalue weighted by molar-refractivity contribution is 5.76. The lowest BCUT2D eigenvalue weighted by Gasteiger charge is -2.33. The lowest BCUT2D eigenvalue weighted by atomic mass is 10.0. The summed E-state index contributed by atoms with van der Waals surface area (Å²) in [5, 5.41) is 0. The largest absolute Gasteiger partial charge is 0.375 e. The number of hydrogen-bond acceptors (Lipinski definition) is 4. The van der Waals surface area contributed by atoms with E-state index in [-0.39, 0.29) is 17.6 Å². The van der Waals surface area contributed by atoms with Gasteiger partial charge in [-0.15, -0.1) is 0 Å². The smallest absolute Gasteiger partial charge is 0.250 e. The van der Waals surface area contributed by atoms with E-state index in [0.29, 0.717) is 38.5 Å². The number of carbonyl (C=O) groups excluding carboxylic acids is 1. The van der Waals surface area contributed by atoms with E-state index in [1.165, 1.54) is 38.1 Å². The Labute approximate surface area is 136 Å². The van der Waals surface area contributed by atoms with E-state index < -0.39 is 0 Å². The van der Waals surface area contributed by atoms with Gasteiger partial charge in [0.15, 0.2) is 0 Å². The molecule has 6 heteroatoms. The number of H-pyrrole nitrogens is 1. The second-order valence-electron chi connectivity index (χ2n) is 6.63. The molecule has 3 rings (SSSR count). The van der Waals surface area contributed by atoms with Crippen LogP contribution in [0.15, 0.2) is 17.2 Å². The number of nitrogens with zero attached hydrogens (tertiary/aromatic N) is 2. The second-order valence-corrected chi connectivity index (χ2v) is 6.63. The van der Waals surface area contributed by atoms with Crippen LogP contribution in [0.2, 0.25) is 0 Å². The van der Waals surface area contributed by atoms with Crippen LogP contribution in [-0.2, 0) is 16.0 Å². The first-order chi connectivity index (χ1) is 11.2. The van der Waals surface area contributed by atoms with Crippen molar-refractivity contribution in [1.29, 1.82) is 0 Å². The van der Waals surface area contributed by atoms with Crippen molar-refractivity contribution in [2.24, 2.45) is 5.92 Å². The average molecular weight is 319 g/mol. The Morgan fingerprint density at radius 1 is 1.39 bits per heavy atom. The highest BCUT2D eigenvalue weighted by atomic mass is 16.5. The standard InChI is InChI=1S/C17H25N3O3/c21-16-10-14(18-12-19-16)5-6-15-11-20(7-8-23-15)17(22)9-13-3-1-2-4-13/h10,12-13,15H,1-9,11H2,(H,18,19,21)/t15-/m1/s1. The van der Waals surface area contributed by atoms with Crippen LogP contribution in [-0.4, -0.2) is 46.6 Å². The first kappa shape index (κ1) is 16.2. The number of aromatic amines is 1. The van der Waals surface area contributed by atoms with Gasteiger partial charge in [0.05, 0.1) is 19.0 Å². The van der Waals surface area contributed by atoms with E-state index in [1.54, 1.807) is 0 Å². The van der Waals surface area contributed by atoms with Gasteiger partial charge < -0.3 is 14.6 Å². The topological polar surface area (TPSA) is 75.3 Å². The van der Waals surface area contributed by atoms with Crippen LogP contribution < -0.4 is 5.56 Å². The molecule has 0 aromatic carbocycles. The van der Waals surface area contributed by atoms with Crippen molar-refractivity contribution in [3.05, 3.63) is 28.4 Å². The third-order valence-corrected chi connectivity index (χ3v) is 4.89. The molecule has 1 aromatic rings.